The number of anilines is 1. The van der Waals surface area contributed by atoms with E-state index in [4.69, 9.17) is 21.1 Å². The zero-order valence-corrected chi connectivity index (χ0v) is 23.2. The molecule has 0 aliphatic heterocycles. The van der Waals surface area contributed by atoms with Gasteiger partial charge in [-0.2, -0.15) is 5.10 Å². The summed E-state index contributed by atoms with van der Waals surface area (Å²) in [5.74, 6) is 1.27. The number of nitrogens with zero attached hydrogens (tertiary/aromatic N) is 3. The van der Waals surface area contributed by atoms with Crippen molar-refractivity contribution < 1.29 is 19.1 Å². The van der Waals surface area contributed by atoms with Crippen LogP contribution in [-0.2, 0) is 11.2 Å². The molecule has 2 N–H and O–H groups in total. The van der Waals surface area contributed by atoms with Gasteiger partial charge in [0.25, 0.3) is 5.91 Å². The fourth-order valence-corrected chi connectivity index (χ4v) is 4.81. The molecule has 4 aromatic rings. The highest BCUT2D eigenvalue weighted by atomic mass is 35.5. The Morgan fingerprint density at radius 1 is 1.05 bits per heavy atom. The van der Waals surface area contributed by atoms with E-state index in [1.807, 2.05) is 36.4 Å². The zero-order chi connectivity index (χ0) is 27.5. The molecule has 3 aromatic carbocycles. The Morgan fingerprint density at radius 3 is 2.62 bits per heavy atom. The Bertz CT molecular complexity index is 1430. The first kappa shape index (κ1) is 28.1. The van der Waals surface area contributed by atoms with Gasteiger partial charge in [-0.15, -0.1) is 22.0 Å². The van der Waals surface area contributed by atoms with Crippen LogP contribution in [0.15, 0.2) is 82.8 Å². The number of hydrogen-bond acceptors (Lipinski definition) is 9. The maximum atomic E-state index is 12.3. The number of methoxy groups -OCH3 is 1. The third-order valence-corrected chi connectivity index (χ3v) is 7.12. The molecular formula is C27H24ClN5O4S2. The first-order valence-electron chi connectivity index (χ1n) is 11.7. The SMILES string of the molecule is COc1cc(/C=N/NC(=O)Cc2nnc(NC(=O)c3ccccc3)s2)ccc1OCCSc1ccc(Cl)cc1. The molecule has 200 valence electrons. The highest BCUT2D eigenvalue weighted by molar-refractivity contribution is 7.99. The molecule has 1 heterocycles. The van der Waals surface area contributed by atoms with Crippen molar-refractivity contribution >= 4 is 57.9 Å². The number of amides is 2. The van der Waals surface area contributed by atoms with Gasteiger partial charge in [-0.1, -0.05) is 41.1 Å². The number of carbonyl (C=O) groups is 2. The van der Waals surface area contributed by atoms with Gasteiger partial charge >= 0.3 is 0 Å². The van der Waals surface area contributed by atoms with E-state index in [-0.39, 0.29) is 18.2 Å². The molecule has 0 saturated carbocycles. The van der Waals surface area contributed by atoms with Crippen LogP contribution < -0.4 is 20.2 Å². The minimum Gasteiger partial charge on any atom is -0.493 e. The lowest BCUT2D eigenvalue weighted by atomic mass is 10.2. The molecule has 0 aliphatic rings. The van der Waals surface area contributed by atoms with Crippen LogP contribution in [0.3, 0.4) is 0 Å². The topological polar surface area (TPSA) is 115 Å². The second kappa shape index (κ2) is 14.3. The largest absolute Gasteiger partial charge is 0.493 e. The minimum absolute atomic E-state index is 0.0274. The summed E-state index contributed by atoms with van der Waals surface area (Å²) >= 11 is 8.71. The average Bonchev–Trinajstić information content (AvgIpc) is 3.39. The first-order chi connectivity index (χ1) is 19.0. The monoisotopic (exact) mass is 581 g/mol. The number of hydrogen-bond donors (Lipinski definition) is 2. The standard InChI is InChI=1S/C27H24ClN5O4S2/c1-36-23-15-18(7-12-22(23)37-13-14-38-21-10-8-20(28)9-11-21)17-29-31-24(34)16-25-32-33-27(39-25)30-26(35)19-5-3-2-4-6-19/h2-12,15,17H,13-14,16H2,1H3,(H,31,34)(H,30,33,35)/b29-17+. The molecule has 0 aliphatic carbocycles. The third kappa shape index (κ3) is 8.81. The van der Waals surface area contributed by atoms with Crippen LogP contribution in [0.4, 0.5) is 5.13 Å². The van der Waals surface area contributed by atoms with Crippen molar-refractivity contribution in [1.82, 2.24) is 15.6 Å². The summed E-state index contributed by atoms with van der Waals surface area (Å²) in [4.78, 5) is 25.6. The average molecular weight is 582 g/mol. The summed E-state index contributed by atoms with van der Waals surface area (Å²) in [5, 5.41) is 16.0. The Hall–Kier alpha value is -3.93. The molecule has 9 nitrogen and oxygen atoms in total. The van der Waals surface area contributed by atoms with Crippen molar-refractivity contribution in [2.75, 3.05) is 24.8 Å². The molecule has 0 spiro atoms. The van der Waals surface area contributed by atoms with Gasteiger partial charge in [-0.25, -0.2) is 5.43 Å². The molecular weight excluding hydrogens is 558 g/mol. The molecule has 4 rings (SSSR count). The van der Waals surface area contributed by atoms with E-state index in [0.29, 0.717) is 38.8 Å². The van der Waals surface area contributed by atoms with E-state index < -0.39 is 0 Å². The molecule has 0 atom stereocenters. The van der Waals surface area contributed by atoms with Crippen LogP contribution >= 0.6 is 34.7 Å². The number of halogens is 1. The summed E-state index contributed by atoms with van der Waals surface area (Å²) in [6.07, 6.45) is 1.48. The Labute approximate surface area is 238 Å². The number of ether oxygens (including phenoxy) is 2. The summed E-state index contributed by atoms with van der Waals surface area (Å²) in [7, 11) is 1.56. The molecule has 0 fully saturated rings. The zero-order valence-electron chi connectivity index (χ0n) is 20.8. The Morgan fingerprint density at radius 2 is 1.85 bits per heavy atom. The second-order valence-corrected chi connectivity index (χ2v) is 10.5. The lowest BCUT2D eigenvalue weighted by Gasteiger charge is -2.11. The van der Waals surface area contributed by atoms with Crippen molar-refractivity contribution in [3.63, 3.8) is 0 Å². The third-order valence-electron chi connectivity index (χ3n) is 5.05. The fourth-order valence-electron chi connectivity index (χ4n) is 3.22. The van der Waals surface area contributed by atoms with Gasteiger partial charge < -0.3 is 9.47 Å². The van der Waals surface area contributed by atoms with Crippen molar-refractivity contribution in [3.05, 3.63) is 94.0 Å². The van der Waals surface area contributed by atoms with E-state index in [1.165, 1.54) is 6.21 Å². The van der Waals surface area contributed by atoms with Gasteiger partial charge in [-0.3, -0.25) is 14.9 Å². The van der Waals surface area contributed by atoms with Crippen molar-refractivity contribution in [1.29, 1.82) is 0 Å². The van der Waals surface area contributed by atoms with Crippen LogP contribution in [0, 0.1) is 0 Å². The lowest BCUT2D eigenvalue weighted by Crippen LogP contribution is -2.19. The van der Waals surface area contributed by atoms with Crippen molar-refractivity contribution in [2.45, 2.75) is 11.3 Å². The van der Waals surface area contributed by atoms with E-state index in [1.54, 1.807) is 55.3 Å². The normalized spacial score (nSPS) is 10.8. The molecule has 0 radical (unpaired) electrons. The van der Waals surface area contributed by atoms with Gasteiger partial charge in [0.2, 0.25) is 11.0 Å². The van der Waals surface area contributed by atoms with Gasteiger partial charge in [0.1, 0.15) is 5.01 Å². The van der Waals surface area contributed by atoms with Crippen molar-refractivity contribution in [3.8, 4) is 11.5 Å². The van der Waals surface area contributed by atoms with E-state index >= 15 is 0 Å². The molecule has 0 saturated heterocycles. The second-order valence-electron chi connectivity index (χ2n) is 7.85. The lowest BCUT2D eigenvalue weighted by molar-refractivity contribution is -0.120. The highest BCUT2D eigenvalue weighted by Gasteiger charge is 2.12. The minimum atomic E-state index is -0.367. The predicted molar refractivity (Wildman–Crippen MR) is 154 cm³/mol. The molecule has 12 heteroatoms. The molecule has 2 amide bonds. The molecule has 39 heavy (non-hydrogen) atoms. The maximum absolute atomic E-state index is 12.3. The summed E-state index contributed by atoms with van der Waals surface area (Å²) in [5.41, 5.74) is 3.69. The number of nitrogens with one attached hydrogen (secondary N) is 2. The summed E-state index contributed by atoms with van der Waals surface area (Å²) in [6, 6.07) is 21.8. The van der Waals surface area contributed by atoms with Gasteiger partial charge in [0, 0.05) is 21.2 Å². The van der Waals surface area contributed by atoms with Gasteiger partial charge in [-0.05, 0) is 60.2 Å². The van der Waals surface area contributed by atoms with Crippen LogP contribution in [0.2, 0.25) is 5.02 Å². The van der Waals surface area contributed by atoms with Crippen LogP contribution in [0.1, 0.15) is 20.9 Å². The van der Waals surface area contributed by atoms with E-state index in [0.717, 1.165) is 27.5 Å². The highest BCUT2D eigenvalue weighted by Crippen LogP contribution is 2.28. The predicted octanol–water partition coefficient (Wildman–Crippen LogP) is 5.32. The first-order valence-corrected chi connectivity index (χ1v) is 13.9. The number of hydrazone groups is 1. The number of benzene rings is 3. The van der Waals surface area contributed by atoms with Crippen molar-refractivity contribution in [2.24, 2.45) is 5.10 Å². The Kier molecular flexibility index (Phi) is 10.3. The smallest absolute Gasteiger partial charge is 0.257 e. The molecule has 0 unspecified atom stereocenters. The van der Waals surface area contributed by atoms with E-state index in [9.17, 15) is 9.59 Å². The number of thioether (sulfide) groups is 1. The quantitative estimate of drug-likeness (QED) is 0.101. The number of rotatable bonds is 12. The fraction of sp³-hybridized carbons (Fsp3) is 0.148. The summed E-state index contributed by atoms with van der Waals surface area (Å²) in [6.45, 7) is 0.496. The van der Waals surface area contributed by atoms with Crippen LogP contribution in [0.25, 0.3) is 0 Å². The van der Waals surface area contributed by atoms with Gasteiger partial charge in [0.05, 0.1) is 26.4 Å². The molecule has 1 aromatic heterocycles. The number of aromatic nitrogens is 2. The Balaban J connectivity index is 1.22. The molecule has 0 bridgehead atoms. The van der Waals surface area contributed by atoms with Crippen LogP contribution in [-0.4, -0.2) is 47.7 Å². The summed E-state index contributed by atoms with van der Waals surface area (Å²) < 4.78 is 11.3. The van der Waals surface area contributed by atoms with Crippen LogP contribution in [0.5, 0.6) is 11.5 Å². The van der Waals surface area contributed by atoms with Gasteiger partial charge in [0.15, 0.2) is 11.5 Å². The maximum Gasteiger partial charge on any atom is 0.257 e. The van der Waals surface area contributed by atoms with E-state index in [2.05, 4.69) is 26.0 Å². The number of carbonyl (C=O) groups excluding carboxylic acids is 2.